The van der Waals surface area contributed by atoms with E-state index in [2.05, 4.69) is 5.32 Å². The molecule has 4 rings (SSSR count). The number of likely N-dealkylation sites (N-methyl/N-ethyl adjacent to an activating group) is 1. The Morgan fingerprint density at radius 1 is 1.00 bits per heavy atom. The van der Waals surface area contributed by atoms with Crippen LogP contribution in [0.5, 0.6) is 0 Å². The molecular weight excluding hydrogens is 478 g/mol. The summed E-state index contributed by atoms with van der Waals surface area (Å²) in [6.45, 7) is 0.169. The monoisotopic (exact) mass is 507 g/mol. The summed E-state index contributed by atoms with van der Waals surface area (Å²) in [6.07, 6.45) is 5.24. The maximum absolute atomic E-state index is 13.6. The number of allylic oxidation sites excluding steroid dienone is 2. The fourth-order valence-corrected chi connectivity index (χ4v) is 5.21. The van der Waals surface area contributed by atoms with Crippen molar-refractivity contribution in [2.75, 3.05) is 13.6 Å². The zero-order valence-electron chi connectivity index (χ0n) is 20.2. The largest absolute Gasteiger partial charge is 0.357 e. The van der Waals surface area contributed by atoms with Gasteiger partial charge in [0.15, 0.2) is 0 Å². The number of carbonyl (C=O) groups is 4. The lowest BCUT2D eigenvalue weighted by Gasteiger charge is -2.31. The zero-order chi connectivity index (χ0) is 25.7. The normalized spacial score (nSPS) is 19.7. The molecule has 0 bridgehead atoms. The smallest absolute Gasteiger partial charge is 0.242 e. The van der Waals surface area contributed by atoms with Crippen LogP contribution in [0.4, 0.5) is 0 Å². The van der Waals surface area contributed by atoms with E-state index in [0.29, 0.717) is 24.3 Å². The quantitative estimate of drug-likeness (QED) is 0.416. The van der Waals surface area contributed by atoms with Crippen molar-refractivity contribution in [3.63, 3.8) is 0 Å². The van der Waals surface area contributed by atoms with E-state index in [1.165, 1.54) is 9.80 Å². The van der Waals surface area contributed by atoms with E-state index < -0.39 is 6.04 Å². The van der Waals surface area contributed by atoms with Crippen LogP contribution in [0.1, 0.15) is 30.4 Å². The highest BCUT2D eigenvalue weighted by molar-refractivity contribution is 6.30. The van der Waals surface area contributed by atoms with Gasteiger partial charge in [-0.05, 0) is 36.1 Å². The first-order valence-electron chi connectivity index (χ1n) is 12.2. The van der Waals surface area contributed by atoms with Gasteiger partial charge >= 0.3 is 0 Å². The number of fused-ring (bicyclic) bond motifs is 1. The second-order valence-corrected chi connectivity index (χ2v) is 9.64. The number of benzene rings is 2. The summed E-state index contributed by atoms with van der Waals surface area (Å²) in [5.74, 6) is -1.70. The second-order valence-electron chi connectivity index (χ2n) is 9.21. The molecule has 1 aliphatic heterocycles. The van der Waals surface area contributed by atoms with Gasteiger partial charge in [0.2, 0.25) is 23.6 Å². The zero-order valence-corrected chi connectivity index (χ0v) is 21.0. The molecule has 4 amide bonds. The van der Waals surface area contributed by atoms with E-state index in [-0.39, 0.29) is 55.0 Å². The van der Waals surface area contributed by atoms with Crippen LogP contribution in [0.3, 0.4) is 0 Å². The molecule has 2 aromatic rings. The first-order chi connectivity index (χ1) is 17.4. The van der Waals surface area contributed by atoms with Gasteiger partial charge in [-0.2, -0.15) is 0 Å². The minimum absolute atomic E-state index is 0.00134. The molecule has 1 unspecified atom stereocenters. The molecule has 0 radical (unpaired) electrons. The predicted octanol–water partition coefficient (Wildman–Crippen LogP) is 3.37. The lowest BCUT2D eigenvalue weighted by atomic mass is 9.85. The van der Waals surface area contributed by atoms with Crippen molar-refractivity contribution in [2.24, 2.45) is 11.8 Å². The van der Waals surface area contributed by atoms with Gasteiger partial charge < -0.3 is 10.2 Å². The van der Waals surface area contributed by atoms with Crippen LogP contribution < -0.4 is 5.32 Å². The van der Waals surface area contributed by atoms with Crippen LogP contribution in [0.15, 0.2) is 66.7 Å². The molecule has 2 aliphatic rings. The number of likely N-dealkylation sites (tertiary alicyclic amines) is 1. The molecule has 3 atom stereocenters. The average Bonchev–Trinajstić information content (AvgIpc) is 3.14. The summed E-state index contributed by atoms with van der Waals surface area (Å²) in [7, 11) is 1.54. The standard InChI is InChI=1S/C28H30ClN3O4/c1-30-26(34)24(17-19-8-3-2-4-9-19)32(18-20-10-7-11-21(29)16-20)25(33)14-15-31-27(35)22-12-5-6-13-23(22)28(31)36/h2-11,16,22-24H,12-15,17-18H2,1H3,(H,30,34)/t22-,23+,24?. The molecule has 1 heterocycles. The Labute approximate surface area is 216 Å². The van der Waals surface area contributed by atoms with Crippen LogP contribution in [0.2, 0.25) is 5.02 Å². The molecule has 1 aliphatic carbocycles. The van der Waals surface area contributed by atoms with Gasteiger partial charge in [-0.25, -0.2) is 0 Å². The molecule has 0 spiro atoms. The van der Waals surface area contributed by atoms with E-state index in [9.17, 15) is 19.2 Å². The van der Waals surface area contributed by atoms with Gasteiger partial charge in [-0.15, -0.1) is 0 Å². The van der Waals surface area contributed by atoms with E-state index in [4.69, 9.17) is 11.6 Å². The Morgan fingerprint density at radius 3 is 2.25 bits per heavy atom. The third-order valence-corrected chi connectivity index (χ3v) is 7.14. The van der Waals surface area contributed by atoms with Crippen molar-refractivity contribution in [1.29, 1.82) is 0 Å². The minimum Gasteiger partial charge on any atom is -0.357 e. The average molecular weight is 508 g/mol. The number of hydrogen-bond acceptors (Lipinski definition) is 4. The summed E-state index contributed by atoms with van der Waals surface area (Å²) < 4.78 is 0. The SMILES string of the molecule is CNC(=O)C(Cc1ccccc1)N(Cc1cccc(Cl)c1)C(=O)CCN1C(=O)[C@H]2CC=CC[C@H]2C1=O. The fraction of sp³-hybridized carbons (Fsp3) is 0.357. The number of carbonyl (C=O) groups excluding carboxylic acids is 4. The van der Waals surface area contributed by atoms with Crippen molar-refractivity contribution in [1.82, 2.24) is 15.1 Å². The van der Waals surface area contributed by atoms with E-state index in [1.807, 2.05) is 48.6 Å². The molecule has 0 aromatic heterocycles. The number of halogens is 1. The summed E-state index contributed by atoms with van der Waals surface area (Å²) in [5, 5.41) is 3.21. The van der Waals surface area contributed by atoms with Crippen molar-refractivity contribution < 1.29 is 19.2 Å². The third kappa shape index (κ3) is 5.68. The molecule has 0 saturated carbocycles. The van der Waals surface area contributed by atoms with Crippen LogP contribution >= 0.6 is 11.6 Å². The highest BCUT2D eigenvalue weighted by Gasteiger charge is 2.47. The molecule has 1 N–H and O–H groups in total. The third-order valence-electron chi connectivity index (χ3n) is 6.91. The first kappa shape index (κ1) is 25.6. The van der Waals surface area contributed by atoms with Crippen molar-refractivity contribution >= 4 is 35.2 Å². The van der Waals surface area contributed by atoms with Crippen LogP contribution in [-0.4, -0.2) is 53.1 Å². The van der Waals surface area contributed by atoms with Gasteiger partial charge in [0, 0.05) is 38.0 Å². The Hall–Kier alpha value is -3.45. The first-order valence-corrected chi connectivity index (χ1v) is 12.6. The molecular formula is C28H30ClN3O4. The van der Waals surface area contributed by atoms with Gasteiger partial charge in [0.05, 0.1) is 11.8 Å². The number of nitrogens with zero attached hydrogens (tertiary/aromatic N) is 2. The summed E-state index contributed by atoms with van der Waals surface area (Å²) >= 11 is 6.18. The minimum atomic E-state index is -0.777. The summed E-state index contributed by atoms with van der Waals surface area (Å²) in [5.41, 5.74) is 1.69. The van der Waals surface area contributed by atoms with E-state index >= 15 is 0 Å². The molecule has 1 fully saturated rings. The number of rotatable bonds is 9. The van der Waals surface area contributed by atoms with Gasteiger partial charge in [0.1, 0.15) is 6.04 Å². The number of hydrogen-bond donors (Lipinski definition) is 1. The highest BCUT2D eigenvalue weighted by Crippen LogP contribution is 2.35. The summed E-state index contributed by atoms with van der Waals surface area (Å²) in [4.78, 5) is 55.1. The van der Waals surface area contributed by atoms with Crippen molar-refractivity contribution in [3.8, 4) is 0 Å². The molecule has 36 heavy (non-hydrogen) atoms. The van der Waals surface area contributed by atoms with Gasteiger partial charge in [-0.1, -0.05) is 66.2 Å². The molecule has 7 nitrogen and oxygen atoms in total. The molecule has 188 valence electrons. The molecule has 1 saturated heterocycles. The summed E-state index contributed by atoms with van der Waals surface area (Å²) in [6, 6.07) is 15.9. The van der Waals surface area contributed by atoms with E-state index in [0.717, 1.165) is 11.1 Å². The number of amides is 4. The fourth-order valence-electron chi connectivity index (χ4n) is 4.99. The Kier molecular flexibility index (Phi) is 8.21. The molecule has 2 aromatic carbocycles. The van der Waals surface area contributed by atoms with Gasteiger partial charge in [-0.3, -0.25) is 24.1 Å². The van der Waals surface area contributed by atoms with Gasteiger partial charge in [0.25, 0.3) is 0 Å². The van der Waals surface area contributed by atoms with Crippen molar-refractivity contribution in [3.05, 3.63) is 82.9 Å². The highest BCUT2D eigenvalue weighted by atomic mass is 35.5. The van der Waals surface area contributed by atoms with Crippen molar-refractivity contribution in [2.45, 2.75) is 38.3 Å². The topological polar surface area (TPSA) is 86.8 Å². The van der Waals surface area contributed by atoms with E-state index in [1.54, 1.807) is 25.2 Å². The number of imide groups is 1. The molecule has 8 heteroatoms. The lowest BCUT2D eigenvalue weighted by Crippen LogP contribution is -2.50. The second kappa shape index (κ2) is 11.5. The Balaban J connectivity index is 1.56. The maximum atomic E-state index is 13.6. The van der Waals surface area contributed by atoms with Crippen LogP contribution in [-0.2, 0) is 32.1 Å². The Morgan fingerprint density at radius 2 is 1.64 bits per heavy atom. The predicted molar refractivity (Wildman–Crippen MR) is 137 cm³/mol. The maximum Gasteiger partial charge on any atom is 0.242 e. The lowest BCUT2D eigenvalue weighted by molar-refractivity contribution is -0.144. The van der Waals surface area contributed by atoms with Crippen LogP contribution in [0, 0.1) is 11.8 Å². The Bertz CT molecular complexity index is 1140. The van der Waals surface area contributed by atoms with Crippen LogP contribution in [0.25, 0.3) is 0 Å². The number of nitrogens with one attached hydrogen (secondary N) is 1.